The Morgan fingerprint density at radius 3 is 2.50 bits per heavy atom. The van der Waals surface area contributed by atoms with E-state index in [1.54, 1.807) is 6.92 Å². The lowest BCUT2D eigenvalue weighted by Gasteiger charge is -2.30. The monoisotopic (exact) mass is 383 g/mol. The molecular weight excluding hydrogens is 358 g/mol. The smallest absolute Gasteiger partial charge is 0.407 e. The van der Waals surface area contributed by atoms with Crippen molar-refractivity contribution in [3.63, 3.8) is 0 Å². The van der Waals surface area contributed by atoms with Gasteiger partial charge in [-0.25, -0.2) is 14.8 Å². The fourth-order valence-corrected chi connectivity index (χ4v) is 3.27. The second-order valence-electron chi connectivity index (χ2n) is 6.94. The van der Waals surface area contributed by atoms with Crippen LogP contribution in [0.2, 0.25) is 0 Å². The van der Waals surface area contributed by atoms with Crippen molar-refractivity contribution in [1.82, 2.24) is 15.3 Å². The maximum Gasteiger partial charge on any atom is 0.407 e. The first kappa shape index (κ1) is 19.6. The average Bonchev–Trinajstić information content (AvgIpc) is 2.68. The Balaban J connectivity index is 1.45. The van der Waals surface area contributed by atoms with Gasteiger partial charge in [0.15, 0.2) is 0 Å². The number of amides is 2. The predicted octanol–water partition coefficient (Wildman–Crippen LogP) is 2.53. The van der Waals surface area contributed by atoms with Gasteiger partial charge in [-0.2, -0.15) is 0 Å². The molecule has 0 bridgehead atoms. The van der Waals surface area contributed by atoms with Crippen molar-refractivity contribution in [2.45, 2.75) is 51.3 Å². The molecule has 8 heteroatoms. The van der Waals surface area contributed by atoms with Crippen LogP contribution in [0.5, 0.6) is 0 Å². The van der Waals surface area contributed by atoms with Crippen molar-refractivity contribution in [2.24, 2.45) is 5.73 Å². The Morgan fingerprint density at radius 1 is 1.14 bits per heavy atom. The van der Waals surface area contributed by atoms with Crippen LogP contribution in [0.15, 0.2) is 36.5 Å². The molecule has 0 spiro atoms. The van der Waals surface area contributed by atoms with Crippen LogP contribution in [-0.2, 0) is 11.3 Å². The van der Waals surface area contributed by atoms with Gasteiger partial charge in [0.1, 0.15) is 18.2 Å². The highest BCUT2D eigenvalue weighted by atomic mass is 16.5. The van der Waals surface area contributed by atoms with E-state index < -0.39 is 12.0 Å². The highest BCUT2D eigenvalue weighted by molar-refractivity contribution is 5.97. The van der Waals surface area contributed by atoms with E-state index in [1.165, 1.54) is 6.20 Å². The molecule has 2 aromatic rings. The standard InChI is InChI=1S/C20H25N5O3/c1-13-22-11-17(18(21)26)19(23-13)24-15-7-9-16(10-8-15)25-20(27)28-12-14-5-3-2-4-6-14/h2-6,11,15-16H,7-10,12H2,1H3,(H2,21,26)(H,25,27)(H,22,23,24). The minimum Gasteiger partial charge on any atom is -0.445 e. The molecule has 4 N–H and O–H groups in total. The van der Waals surface area contributed by atoms with Gasteiger partial charge in [0, 0.05) is 18.3 Å². The number of aromatic nitrogens is 2. The zero-order chi connectivity index (χ0) is 19.9. The number of benzene rings is 1. The second kappa shape index (κ2) is 9.16. The maximum absolute atomic E-state index is 12.0. The Morgan fingerprint density at radius 2 is 1.82 bits per heavy atom. The zero-order valence-electron chi connectivity index (χ0n) is 15.9. The quantitative estimate of drug-likeness (QED) is 0.705. The molecule has 28 heavy (non-hydrogen) atoms. The van der Waals surface area contributed by atoms with Crippen LogP contribution in [0.3, 0.4) is 0 Å². The molecule has 148 valence electrons. The Hall–Kier alpha value is -3.16. The summed E-state index contributed by atoms with van der Waals surface area (Å²) in [5.41, 5.74) is 6.64. The minimum atomic E-state index is -0.556. The van der Waals surface area contributed by atoms with Crippen LogP contribution >= 0.6 is 0 Å². The number of aryl methyl sites for hydroxylation is 1. The summed E-state index contributed by atoms with van der Waals surface area (Å²) in [6.07, 6.45) is 4.35. The highest BCUT2D eigenvalue weighted by Gasteiger charge is 2.24. The molecule has 1 aromatic heterocycles. The van der Waals surface area contributed by atoms with E-state index in [1.807, 2.05) is 30.3 Å². The summed E-state index contributed by atoms with van der Waals surface area (Å²) in [4.78, 5) is 31.9. The van der Waals surface area contributed by atoms with E-state index in [-0.39, 0.29) is 24.3 Å². The van der Waals surface area contributed by atoms with Crippen molar-refractivity contribution in [3.05, 3.63) is 53.5 Å². The number of nitrogens with two attached hydrogens (primary N) is 1. The fourth-order valence-electron chi connectivity index (χ4n) is 3.27. The number of carbonyl (C=O) groups excluding carboxylic acids is 2. The molecule has 0 radical (unpaired) electrons. The molecule has 3 rings (SSSR count). The molecule has 8 nitrogen and oxygen atoms in total. The zero-order valence-corrected chi connectivity index (χ0v) is 15.9. The molecule has 1 aliphatic carbocycles. The third-order valence-corrected chi connectivity index (χ3v) is 4.78. The molecular formula is C20H25N5O3. The van der Waals surface area contributed by atoms with Gasteiger partial charge >= 0.3 is 6.09 Å². The third kappa shape index (κ3) is 5.42. The lowest BCUT2D eigenvalue weighted by molar-refractivity contribution is 0.1000. The van der Waals surface area contributed by atoms with Crippen molar-refractivity contribution in [1.29, 1.82) is 0 Å². The van der Waals surface area contributed by atoms with Crippen molar-refractivity contribution >= 4 is 17.8 Å². The molecule has 1 heterocycles. The van der Waals surface area contributed by atoms with Gasteiger partial charge < -0.3 is 21.1 Å². The number of nitrogens with one attached hydrogen (secondary N) is 2. The lowest BCUT2D eigenvalue weighted by atomic mass is 9.91. The lowest BCUT2D eigenvalue weighted by Crippen LogP contribution is -2.40. The van der Waals surface area contributed by atoms with Gasteiger partial charge in [-0.05, 0) is 38.2 Å². The van der Waals surface area contributed by atoms with Crippen LogP contribution in [-0.4, -0.2) is 34.1 Å². The number of primary amides is 1. The topological polar surface area (TPSA) is 119 Å². The Bertz CT molecular complexity index is 820. The molecule has 1 saturated carbocycles. The van der Waals surface area contributed by atoms with Gasteiger partial charge in [-0.15, -0.1) is 0 Å². The fraction of sp³-hybridized carbons (Fsp3) is 0.400. The summed E-state index contributed by atoms with van der Waals surface area (Å²) < 4.78 is 5.27. The number of carbonyl (C=O) groups is 2. The van der Waals surface area contributed by atoms with E-state index in [4.69, 9.17) is 10.5 Å². The van der Waals surface area contributed by atoms with E-state index >= 15 is 0 Å². The van der Waals surface area contributed by atoms with Gasteiger partial charge in [0.2, 0.25) is 0 Å². The molecule has 1 aliphatic rings. The van der Waals surface area contributed by atoms with E-state index in [9.17, 15) is 9.59 Å². The normalized spacial score (nSPS) is 18.9. The van der Waals surface area contributed by atoms with Crippen LogP contribution < -0.4 is 16.4 Å². The van der Waals surface area contributed by atoms with Crippen LogP contribution in [0.4, 0.5) is 10.6 Å². The second-order valence-corrected chi connectivity index (χ2v) is 6.94. The summed E-state index contributed by atoms with van der Waals surface area (Å²) in [6.45, 7) is 2.02. The maximum atomic E-state index is 12.0. The number of hydrogen-bond acceptors (Lipinski definition) is 6. The molecule has 1 fully saturated rings. The van der Waals surface area contributed by atoms with Crippen LogP contribution in [0.25, 0.3) is 0 Å². The van der Waals surface area contributed by atoms with Gasteiger partial charge in [0.05, 0.1) is 5.56 Å². The van der Waals surface area contributed by atoms with Crippen molar-refractivity contribution in [2.75, 3.05) is 5.32 Å². The Labute approximate surface area is 163 Å². The number of alkyl carbamates (subject to hydrolysis) is 1. The van der Waals surface area contributed by atoms with Crippen molar-refractivity contribution < 1.29 is 14.3 Å². The highest BCUT2D eigenvalue weighted by Crippen LogP contribution is 2.23. The van der Waals surface area contributed by atoms with Gasteiger partial charge in [-0.3, -0.25) is 4.79 Å². The van der Waals surface area contributed by atoms with E-state index in [2.05, 4.69) is 20.6 Å². The van der Waals surface area contributed by atoms with Crippen LogP contribution in [0, 0.1) is 6.92 Å². The number of ether oxygens (including phenoxy) is 1. The molecule has 0 aliphatic heterocycles. The largest absolute Gasteiger partial charge is 0.445 e. The average molecular weight is 383 g/mol. The SMILES string of the molecule is Cc1ncc(C(N)=O)c(NC2CCC(NC(=O)OCc3ccccc3)CC2)n1. The first-order valence-corrected chi connectivity index (χ1v) is 9.38. The number of anilines is 1. The van der Waals surface area contributed by atoms with Gasteiger partial charge in [0.25, 0.3) is 5.91 Å². The van der Waals surface area contributed by atoms with Crippen molar-refractivity contribution in [3.8, 4) is 0 Å². The summed E-state index contributed by atoms with van der Waals surface area (Å²) in [7, 11) is 0. The minimum absolute atomic E-state index is 0.0732. The molecule has 0 unspecified atom stereocenters. The summed E-state index contributed by atoms with van der Waals surface area (Å²) in [5.74, 6) is 0.488. The summed E-state index contributed by atoms with van der Waals surface area (Å²) in [6, 6.07) is 9.81. The number of nitrogens with zero attached hydrogens (tertiary/aromatic N) is 2. The van der Waals surface area contributed by atoms with E-state index in [0.717, 1.165) is 31.2 Å². The third-order valence-electron chi connectivity index (χ3n) is 4.78. The first-order valence-electron chi connectivity index (χ1n) is 9.38. The van der Waals surface area contributed by atoms with E-state index in [0.29, 0.717) is 11.6 Å². The predicted molar refractivity (Wildman–Crippen MR) is 105 cm³/mol. The summed E-state index contributed by atoms with van der Waals surface area (Å²) >= 11 is 0. The Kier molecular flexibility index (Phi) is 6.41. The summed E-state index contributed by atoms with van der Waals surface area (Å²) in [5, 5.41) is 6.22. The molecule has 0 saturated heterocycles. The number of rotatable bonds is 6. The molecule has 2 amide bonds. The van der Waals surface area contributed by atoms with Gasteiger partial charge in [-0.1, -0.05) is 30.3 Å². The molecule has 0 atom stereocenters. The number of hydrogen-bond donors (Lipinski definition) is 3. The van der Waals surface area contributed by atoms with Crippen LogP contribution in [0.1, 0.15) is 47.4 Å². The molecule has 1 aromatic carbocycles. The first-order chi connectivity index (χ1) is 13.5.